The second-order valence-electron chi connectivity index (χ2n) is 10.8. The van der Waals surface area contributed by atoms with Crippen molar-refractivity contribution in [1.29, 1.82) is 5.26 Å². The molecule has 43 heavy (non-hydrogen) atoms. The van der Waals surface area contributed by atoms with E-state index in [0.717, 1.165) is 0 Å². The molecule has 4 aromatic rings. The molecule has 2 aromatic heterocycles. The summed E-state index contributed by atoms with van der Waals surface area (Å²) in [6, 6.07) is 14.8. The Labute approximate surface area is 253 Å². The Kier molecular flexibility index (Phi) is 7.52. The molecule has 1 fully saturated rings. The minimum absolute atomic E-state index is 0.0311. The summed E-state index contributed by atoms with van der Waals surface area (Å²) in [4.78, 5) is 24.6. The van der Waals surface area contributed by atoms with E-state index in [9.17, 15) is 15.2 Å². The molecule has 0 bridgehead atoms. The first-order valence-electron chi connectivity index (χ1n) is 13.9. The highest BCUT2D eigenvalue weighted by Gasteiger charge is 2.56. The molecule has 9 nitrogen and oxygen atoms in total. The topological polar surface area (TPSA) is 114 Å². The number of aliphatic hydroxyl groups is 1. The number of imidazole rings is 1. The van der Waals surface area contributed by atoms with E-state index in [1.807, 2.05) is 6.07 Å². The number of aryl methyl sites for hydroxylation is 1. The van der Waals surface area contributed by atoms with Gasteiger partial charge in [0.05, 0.1) is 53.7 Å². The van der Waals surface area contributed by atoms with Crippen LogP contribution in [-0.4, -0.2) is 49.8 Å². The van der Waals surface area contributed by atoms with Gasteiger partial charge in [-0.3, -0.25) is 14.7 Å². The first-order chi connectivity index (χ1) is 20.7. The maximum atomic E-state index is 16.8. The molecule has 0 saturated carbocycles. The van der Waals surface area contributed by atoms with Gasteiger partial charge in [0.2, 0.25) is 5.72 Å². The maximum absolute atomic E-state index is 16.8. The van der Waals surface area contributed by atoms with Gasteiger partial charge in [-0.1, -0.05) is 30.7 Å². The zero-order valence-corrected chi connectivity index (χ0v) is 24.4. The van der Waals surface area contributed by atoms with E-state index < -0.39 is 29.2 Å². The van der Waals surface area contributed by atoms with E-state index in [4.69, 9.17) is 21.1 Å². The van der Waals surface area contributed by atoms with E-state index in [1.54, 1.807) is 67.5 Å². The number of fused-ring (bicyclic) bond motifs is 1. The maximum Gasteiger partial charge on any atom is 0.257 e. The Morgan fingerprint density at radius 2 is 2.05 bits per heavy atom. The van der Waals surface area contributed by atoms with Crippen molar-refractivity contribution in [2.24, 2.45) is 7.05 Å². The SMILES string of the molecule is CCC(O)(c1cc(F)c2c(c1)C(=O)N(Cc1ccc(C#N)cn1)[C@@]2(O[C@@H]1CCOC1)c1ccc(Cl)cc1)c1cn(C)cn1. The third-order valence-corrected chi connectivity index (χ3v) is 8.39. The summed E-state index contributed by atoms with van der Waals surface area (Å²) in [5, 5.41) is 21.5. The van der Waals surface area contributed by atoms with Crippen LogP contribution in [0.5, 0.6) is 0 Å². The predicted molar refractivity (Wildman–Crippen MR) is 154 cm³/mol. The van der Waals surface area contributed by atoms with Crippen molar-refractivity contribution in [3.05, 3.63) is 117 Å². The molecule has 3 atom stereocenters. The minimum atomic E-state index is -1.71. The number of benzene rings is 2. The van der Waals surface area contributed by atoms with Crippen LogP contribution in [0.15, 0.2) is 67.3 Å². The van der Waals surface area contributed by atoms with Crippen LogP contribution >= 0.6 is 11.6 Å². The second kappa shape index (κ2) is 11.2. The van der Waals surface area contributed by atoms with E-state index in [-0.39, 0.29) is 36.3 Å². The van der Waals surface area contributed by atoms with Gasteiger partial charge in [0.1, 0.15) is 17.5 Å². The van der Waals surface area contributed by atoms with Crippen molar-refractivity contribution in [3.8, 4) is 6.07 Å². The largest absolute Gasteiger partial charge is 0.379 e. The Morgan fingerprint density at radius 3 is 2.65 bits per heavy atom. The molecular weight excluding hydrogens is 573 g/mol. The highest BCUT2D eigenvalue weighted by Crippen LogP contribution is 2.50. The predicted octanol–water partition coefficient (Wildman–Crippen LogP) is 4.79. The average molecular weight is 602 g/mol. The highest BCUT2D eigenvalue weighted by atomic mass is 35.5. The number of ether oxygens (including phenoxy) is 2. The fourth-order valence-electron chi connectivity index (χ4n) is 5.88. The fourth-order valence-corrected chi connectivity index (χ4v) is 6.01. The summed E-state index contributed by atoms with van der Waals surface area (Å²) in [5.74, 6) is -1.22. The van der Waals surface area contributed by atoms with Crippen molar-refractivity contribution >= 4 is 17.5 Å². The summed E-state index contributed by atoms with van der Waals surface area (Å²) in [7, 11) is 1.78. The Balaban J connectivity index is 1.58. The van der Waals surface area contributed by atoms with Crippen molar-refractivity contribution in [3.63, 3.8) is 0 Å². The number of hydrogen-bond acceptors (Lipinski definition) is 7. The summed E-state index contributed by atoms with van der Waals surface area (Å²) in [5.41, 5.74) is -1.40. The lowest BCUT2D eigenvalue weighted by Gasteiger charge is -2.41. The average Bonchev–Trinajstić information content (AvgIpc) is 3.75. The summed E-state index contributed by atoms with van der Waals surface area (Å²) < 4.78 is 30.8. The van der Waals surface area contributed by atoms with Crippen molar-refractivity contribution in [2.45, 2.75) is 43.7 Å². The zero-order valence-electron chi connectivity index (χ0n) is 23.6. The van der Waals surface area contributed by atoms with Crippen molar-refractivity contribution in [1.82, 2.24) is 19.4 Å². The first kappa shape index (κ1) is 29.0. The number of carbonyl (C=O) groups excluding carboxylic acids is 1. The Bertz CT molecular complexity index is 1720. The van der Waals surface area contributed by atoms with Crippen molar-refractivity contribution < 1.29 is 23.8 Å². The van der Waals surface area contributed by atoms with Gasteiger partial charge in [-0.15, -0.1) is 0 Å². The minimum Gasteiger partial charge on any atom is -0.379 e. The first-order valence-corrected chi connectivity index (χ1v) is 14.3. The summed E-state index contributed by atoms with van der Waals surface area (Å²) >= 11 is 6.25. The number of aromatic nitrogens is 3. The number of rotatable bonds is 8. The number of hydrogen-bond donors (Lipinski definition) is 1. The van der Waals surface area contributed by atoms with Gasteiger partial charge in [-0.05, 0) is 54.8 Å². The molecule has 0 aliphatic carbocycles. The molecule has 220 valence electrons. The van der Waals surface area contributed by atoms with Crippen LogP contribution in [0.25, 0.3) is 0 Å². The molecule has 6 rings (SSSR count). The van der Waals surface area contributed by atoms with Gasteiger partial charge in [-0.2, -0.15) is 5.26 Å². The standard InChI is InChI=1S/C32H29ClFN5O4/c1-3-31(41,28-17-38(2)19-37-28)22-12-26-29(27(34)13-22)32(43-25-10-11-42-18-25,21-5-7-23(33)8-6-21)39(30(26)40)16-24-9-4-20(14-35)15-36-24/h4-9,12-13,15,17,19,25,41H,3,10-11,16,18H2,1-2H3/t25-,31?,32-/m1/s1. The molecule has 2 aliphatic rings. The lowest BCUT2D eigenvalue weighted by atomic mass is 9.84. The Morgan fingerprint density at radius 1 is 1.26 bits per heavy atom. The van der Waals surface area contributed by atoms with Gasteiger partial charge in [-0.25, -0.2) is 9.37 Å². The molecule has 0 spiro atoms. The van der Waals surface area contributed by atoms with Crippen LogP contribution in [0, 0.1) is 17.1 Å². The van der Waals surface area contributed by atoms with Crippen LogP contribution in [-0.2, 0) is 34.4 Å². The van der Waals surface area contributed by atoms with Crippen molar-refractivity contribution in [2.75, 3.05) is 13.2 Å². The van der Waals surface area contributed by atoms with Gasteiger partial charge >= 0.3 is 0 Å². The number of nitrogens with zero attached hydrogens (tertiary/aromatic N) is 5. The Hall–Kier alpha value is -4.14. The number of halogens is 2. The smallest absolute Gasteiger partial charge is 0.257 e. The monoisotopic (exact) mass is 601 g/mol. The van der Waals surface area contributed by atoms with E-state index >= 15 is 4.39 Å². The molecule has 11 heteroatoms. The van der Waals surface area contributed by atoms with Crippen LogP contribution in [0.2, 0.25) is 5.02 Å². The summed E-state index contributed by atoms with van der Waals surface area (Å²) in [6.07, 6.45) is 4.95. The van der Waals surface area contributed by atoms with Crippen LogP contribution in [0.1, 0.15) is 63.8 Å². The van der Waals surface area contributed by atoms with Gasteiger partial charge in [0.15, 0.2) is 0 Å². The quantitative estimate of drug-likeness (QED) is 0.309. The van der Waals surface area contributed by atoms with Crippen LogP contribution in [0.4, 0.5) is 4.39 Å². The third kappa shape index (κ3) is 4.88. The molecular formula is C32H29ClFN5O4. The second-order valence-corrected chi connectivity index (χ2v) is 11.3. The molecule has 2 aliphatic heterocycles. The summed E-state index contributed by atoms with van der Waals surface area (Å²) in [6.45, 7) is 2.46. The molecule has 4 heterocycles. The number of amides is 1. The highest BCUT2D eigenvalue weighted by molar-refractivity contribution is 6.30. The van der Waals surface area contributed by atoms with Gasteiger partial charge in [0, 0.05) is 36.6 Å². The molecule has 1 saturated heterocycles. The molecule has 1 N–H and O–H groups in total. The third-order valence-electron chi connectivity index (χ3n) is 8.14. The lowest BCUT2D eigenvalue weighted by Crippen LogP contribution is -2.49. The molecule has 2 aromatic carbocycles. The zero-order chi connectivity index (χ0) is 30.4. The molecule has 1 unspecified atom stereocenters. The van der Waals surface area contributed by atoms with Crippen LogP contribution in [0.3, 0.4) is 0 Å². The van der Waals surface area contributed by atoms with E-state index in [0.29, 0.717) is 40.6 Å². The lowest BCUT2D eigenvalue weighted by molar-refractivity contribution is -0.148. The molecule has 0 radical (unpaired) electrons. The number of nitriles is 1. The number of carbonyl (C=O) groups is 1. The van der Waals surface area contributed by atoms with E-state index in [2.05, 4.69) is 9.97 Å². The molecule has 1 amide bonds. The number of pyridine rings is 1. The van der Waals surface area contributed by atoms with Gasteiger partial charge < -0.3 is 19.1 Å². The fraction of sp³-hybridized carbons (Fsp3) is 0.312. The van der Waals surface area contributed by atoms with Gasteiger partial charge in [0.25, 0.3) is 5.91 Å². The van der Waals surface area contributed by atoms with Crippen LogP contribution < -0.4 is 0 Å². The normalized spacial score (nSPS) is 21.1. The van der Waals surface area contributed by atoms with E-state index in [1.165, 1.54) is 23.2 Å².